The fraction of sp³-hybridized carbons (Fsp3) is 0.375. The van der Waals surface area contributed by atoms with E-state index in [0.717, 1.165) is 17.7 Å². The first-order valence-electron chi connectivity index (χ1n) is 7.52. The highest BCUT2D eigenvalue weighted by Gasteiger charge is 2.40. The van der Waals surface area contributed by atoms with Gasteiger partial charge in [0.2, 0.25) is 11.9 Å². The zero-order valence-electron chi connectivity index (χ0n) is 13.1. The zero-order valence-corrected chi connectivity index (χ0v) is 13.1. The van der Waals surface area contributed by atoms with Gasteiger partial charge in [-0.1, -0.05) is 24.6 Å². The molecule has 1 aliphatic carbocycles. The number of ether oxygens (including phenoxy) is 1. The van der Waals surface area contributed by atoms with Gasteiger partial charge < -0.3 is 15.8 Å². The van der Waals surface area contributed by atoms with E-state index in [1.165, 1.54) is 0 Å². The molecule has 0 bridgehead atoms. The molecule has 0 aliphatic heterocycles. The predicted octanol–water partition coefficient (Wildman–Crippen LogP) is 2.21. The number of aromatic nitrogens is 3. The Morgan fingerprint density at radius 2 is 2.00 bits per heavy atom. The van der Waals surface area contributed by atoms with Crippen molar-refractivity contribution in [2.24, 2.45) is 11.8 Å². The van der Waals surface area contributed by atoms with Crippen LogP contribution in [0.3, 0.4) is 0 Å². The number of nitrogen functional groups attached to an aromatic ring is 1. The van der Waals surface area contributed by atoms with Crippen LogP contribution in [0.25, 0.3) is 0 Å². The Labute approximate surface area is 134 Å². The van der Waals surface area contributed by atoms with Crippen LogP contribution < -0.4 is 11.1 Å². The second-order valence-electron chi connectivity index (χ2n) is 5.85. The van der Waals surface area contributed by atoms with E-state index in [0.29, 0.717) is 17.7 Å². The molecule has 1 aliphatic rings. The van der Waals surface area contributed by atoms with Gasteiger partial charge in [-0.05, 0) is 31.4 Å². The van der Waals surface area contributed by atoms with Crippen LogP contribution in [-0.4, -0.2) is 20.9 Å². The third kappa shape index (κ3) is 3.94. The second kappa shape index (κ2) is 6.20. The summed E-state index contributed by atoms with van der Waals surface area (Å²) in [4.78, 5) is 24.0. The van der Waals surface area contributed by atoms with Gasteiger partial charge in [-0.3, -0.25) is 4.79 Å². The molecule has 120 valence electrons. The number of hydrogen-bond donors (Lipinski definition) is 2. The van der Waals surface area contributed by atoms with E-state index in [2.05, 4.69) is 20.3 Å². The minimum absolute atomic E-state index is 0.00263. The number of benzene rings is 1. The molecule has 1 aromatic carbocycles. The number of nitrogens with one attached hydrogen (secondary N) is 1. The Kier molecular flexibility index (Phi) is 4.10. The molecule has 0 radical (unpaired) electrons. The monoisotopic (exact) mass is 313 g/mol. The number of nitrogens with zero attached hydrogens (tertiary/aromatic N) is 3. The van der Waals surface area contributed by atoms with Crippen LogP contribution in [0.1, 0.15) is 24.7 Å². The van der Waals surface area contributed by atoms with Crippen LogP contribution in [0.2, 0.25) is 0 Å². The van der Waals surface area contributed by atoms with Crippen molar-refractivity contribution in [1.29, 1.82) is 0 Å². The largest absolute Gasteiger partial charge is 0.457 e. The molecular weight excluding hydrogens is 294 g/mol. The third-order valence-electron chi connectivity index (χ3n) is 3.76. The molecule has 0 unspecified atom stereocenters. The fourth-order valence-corrected chi connectivity index (χ4v) is 2.22. The maximum Gasteiger partial charge on any atom is 0.309 e. The van der Waals surface area contributed by atoms with E-state index in [1.54, 1.807) is 0 Å². The predicted molar refractivity (Wildman–Crippen MR) is 85.8 cm³/mol. The van der Waals surface area contributed by atoms with Crippen LogP contribution in [0.5, 0.6) is 0 Å². The Morgan fingerprint density at radius 3 is 2.65 bits per heavy atom. The van der Waals surface area contributed by atoms with E-state index in [1.807, 2.05) is 38.1 Å². The van der Waals surface area contributed by atoms with Gasteiger partial charge in [0.15, 0.2) is 12.4 Å². The molecule has 3 rings (SSSR count). The smallest absolute Gasteiger partial charge is 0.309 e. The van der Waals surface area contributed by atoms with Crippen molar-refractivity contribution < 1.29 is 9.53 Å². The molecule has 7 heteroatoms. The van der Waals surface area contributed by atoms with Gasteiger partial charge >= 0.3 is 5.97 Å². The zero-order chi connectivity index (χ0) is 16.4. The van der Waals surface area contributed by atoms with Gasteiger partial charge in [-0.25, -0.2) is 0 Å². The van der Waals surface area contributed by atoms with Gasteiger partial charge in [-0.2, -0.15) is 15.0 Å². The van der Waals surface area contributed by atoms with E-state index in [-0.39, 0.29) is 24.4 Å². The Balaban J connectivity index is 1.66. The average molecular weight is 313 g/mol. The van der Waals surface area contributed by atoms with Gasteiger partial charge in [0.1, 0.15) is 0 Å². The average Bonchev–Trinajstić information content (AvgIpc) is 3.24. The molecule has 0 saturated heterocycles. The summed E-state index contributed by atoms with van der Waals surface area (Å²) in [6, 6.07) is 7.80. The topological polar surface area (TPSA) is 103 Å². The second-order valence-corrected chi connectivity index (χ2v) is 5.85. The Morgan fingerprint density at radius 1 is 1.30 bits per heavy atom. The number of nitrogens with two attached hydrogens (primary N) is 1. The number of rotatable bonds is 5. The number of anilines is 3. The van der Waals surface area contributed by atoms with E-state index in [4.69, 9.17) is 10.5 Å². The highest BCUT2D eigenvalue weighted by Crippen LogP contribution is 2.38. The van der Waals surface area contributed by atoms with Crippen LogP contribution in [0.4, 0.5) is 17.6 Å². The van der Waals surface area contributed by atoms with Crippen molar-refractivity contribution >= 4 is 23.6 Å². The Bertz CT molecular complexity index is 717. The van der Waals surface area contributed by atoms with E-state index < -0.39 is 0 Å². The summed E-state index contributed by atoms with van der Waals surface area (Å²) in [7, 11) is 0. The first kappa shape index (κ1) is 15.2. The standard InChI is InChI=1S/C16H19N5O2/c1-9-3-5-11(6-4-9)18-16-20-13(19-15(17)21-16)8-23-14(22)12-7-10(12)2/h3-6,10,12H,7-8H2,1-2H3,(H3,17,18,19,20,21)/t10-,12-/m0/s1. The van der Waals surface area contributed by atoms with Crippen LogP contribution in [0, 0.1) is 18.8 Å². The van der Waals surface area contributed by atoms with Crippen LogP contribution >= 0.6 is 0 Å². The van der Waals surface area contributed by atoms with Gasteiger partial charge in [0.05, 0.1) is 5.92 Å². The summed E-state index contributed by atoms with van der Waals surface area (Å²) in [6.45, 7) is 4.03. The van der Waals surface area contributed by atoms with Crippen molar-refractivity contribution in [2.45, 2.75) is 26.9 Å². The molecule has 3 N–H and O–H groups in total. The fourth-order valence-electron chi connectivity index (χ4n) is 2.22. The lowest BCUT2D eigenvalue weighted by Crippen LogP contribution is -2.12. The summed E-state index contributed by atoms with van der Waals surface area (Å²) < 4.78 is 5.22. The van der Waals surface area contributed by atoms with E-state index >= 15 is 0 Å². The van der Waals surface area contributed by atoms with Crippen LogP contribution in [0.15, 0.2) is 24.3 Å². The molecule has 2 aromatic rings. The summed E-state index contributed by atoms with van der Waals surface area (Å²) in [5, 5.41) is 3.06. The molecule has 1 aromatic heterocycles. The molecule has 1 heterocycles. The Hall–Kier alpha value is -2.70. The highest BCUT2D eigenvalue weighted by molar-refractivity contribution is 5.75. The third-order valence-corrected chi connectivity index (χ3v) is 3.76. The van der Waals surface area contributed by atoms with Crippen molar-refractivity contribution in [2.75, 3.05) is 11.1 Å². The molecular formula is C16H19N5O2. The van der Waals surface area contributed by atoms with Gasteiger partial charge in [-0.15, -0.1) is 0 Å². The molecule has 23 heavy (non-hydrogen) atoms. The lowest BCUT2D eigenvalue weighted by molar-refractivity contribution is -0.147. The van der Waals surface area contributed by atoms with Crippen molar-refractivity contribution in [3.05, 3.63) is 35.7 Å². The lowest BCUT2D eigenvalue weighted by atomic mass is 10.2. The maximum absolute atomic E-state index is 11.7. The molecule has 1 fully saturated rings. The van der Waals surface area contributed by atoms with Crippen LogP contribution in [-0.2, 0) is 16.1 Å². The number of esters is 1. The van der Waals surface area contributed by atoms with Crippen molar-refractivity contribution in [1.82, 2.24) is 15.0 Å². The molecule has 0 spiro atoms. The number of hydrogen-bond acceptors (Lipinski definition) is 7. The van der Waals surface area contributed by atoms with Gasteiger partial charge in [0, 0.05) is 5.69 Å². The number of carbonyl (C=O) groups excluding carboxylic acids is 1. The molecule has 7 nitrogen and oxygen atoms in total. The first-order chi connectivity index (χ1) is 11.0. The SMILES string of the molecule is Cc1ccc(Nc2nc(N)nc(COC(=O)[C@H]3C[C@@H]3C)n2)cc1. The van der Waals surface area contributed by atoms with Crippen molar-refractivity contribution in [3.63, 3.8) is 0 Å². The van der Waals surface area contributed by atoms with Gasteiger partial charge in [0.25, 0.3) is 0 Å². The molecule has 2 atom stereocenters. The van der Waals surface area contributed by atoms with Crippen molar-refractivity contribution in [3.8, 4) is 0 Å². The molecule has 1 saturated carbocycles. The highest BCUT2D eigenvalue weighted by atomic mass is 16.5. The lowest BCUT2D eigenvalue weighted by Gasteiger charge is -2.08. The summed E-state index contributed by atoms with van der Waals surface area (Å²) in [6.07, 6.45) is 0.887. The first-order valence-corrected chi connectivity index (χ1v) is 7.52. The number of aryl methyl sites for hydroxylation is 1. The summed E-state index contributed by atoms with van der Waals surface area (Å²) in [5.41, 5.74) is 7.70. The number of carbonyl (C=O) groups is 1. The normalized spacial score (nSPS) is 19.2. The molecule has 0 amide bonds. The summed E-state index contributed by atoms with van der Waals surface area (Å²) >= 11 is 0. The quantitative estimate of drug-likeness (QED) is 0.816. The van der Waals surface area contributed by atoms with E-state index in [9.17, 15) is 4.79 Å². The minimum Gasteiger partial charge on any atom is -0.457 e. The summed E-state index contributed by atoms with van der Waals surface area (Å²) in [5.74, 6) is 0.954. The minimum atomic E-state index is -0.204. The maximum atomic E-state index is 11.7.